The van der Waals surface area contributed by atoms with Gasteiger partial charge in [-0.2, -0.15) is 0 Å². The molecule has 0 saturated heterocycles. The van der Waals surface area contributed by atoms with Crippen LogP contribution < -0.4 is 5.32 Å². The van der Waals surface area contributed by atoms with Gasteiger partial charge >= 0.3 is 0 Å². The predicted octanol–water partition coefficient (Wildman–Crippen LogP) is 4.19. The number of likely N-dealkylation sites (N-methyl/N-ethyl adjacent to an activating group) is 1. The van der Waals surface area contributed by atoms with Gasteiger partial charge in [0.15, 0.2) is 0 Å². The molecule has 104 valence electrons. The van der Waals surface area contributed by atoms with Crippen molar-refractivity contribution in [2.75, 3.05) is 7.05 Å². The first-order chi connectivity index (χ1) is 8.24. The predicted molar refractivity (Wildman–Crippen MR) is 77.4 cm³/mol. The highest BCUT2D eigenvalue weighted by Crippen LogP contribution is 2.27. The molecule has 0 bridgehead atoms. The summed E-state index contributed by atoms with van der Waals surface area (Å²) < 4.78 is 0. The second kappa shape index (κ2) is 13.7. The summed E-state index contributed by atoms with van der Waals surface area (Å²) in [7, 11) is 1.88. The third-order valence-electron chi connectivity index (χ3n) is 3.13. The van der Waals surface area contributed by atoms with Gasteiger partial charge in [0, 0.05) is 0 Å². The number of hydrogen-bond donors (Lipinski definition) is 1. The molecular weight excluding hydrogens is 210 g/mol. The van der Waals surface area contributed by atoms with Gasteiger partial charge in [0.1, 0.15) is 5.78 Å². The Labute approximate surface area is 109 Å². The van der Waals surface area contributed by atoms with Crippen LogP contribution >= 0.6 is 0 Å². The van der Waals surface area contributed by atoms with Gasteiger partial charge in [0.2, 0.25) is 0 Å². The van der Waals surface area contributed by atoms with E-state index >= 15 is 0 Å². The fourth-order valence-corrected chi connectivity index (χ4v) is 2.24. The first-order valence-corrected chi connectivity index (χ1v) is 7.41. The van der Waals surface area contributed by atoms with Crippen molar-refractivity contribution >= 4 is 5.78 Å². The highest BCUT2D eigenvalue weighted by atomic mass is 16.1. The monoisotopic (exact) mass is 243 g/mol. The highest BCUT2D eigenvalue weighted by Gasteiger charge is 2.20. The molecule has 0 radical (unpaired) electrons. The molecule has 0 aromatic heterocycles. The Balaban J connectivity index is 0. The standard InChI is InChI=1S/C11H21NO.2C2H6/c1-9(13)11(12-2)8-10-6-4-3-5-7-10;2*1-2/h10-12H,3-8H2,1-2H3;2*1-2H3. The van der Waals surface area contributed by atoms with Crippen LogP contribution in [0, 0.1) is 5.92 Å². The molecule has 0 spiro atoms. The van der Waals surface area contributed by atoms with Crippen LogP contribution in [0.1, 0.15) is 73.1 Å². The maximum absolute atomic E-state index is 11.2. The lowest BCUT2D eigenvalue weighted by Crippen LogP contribution is -2.34. The Hall–Kier alpha value is -0.370. The lowest BCUT2D eigenvalue weighted by molar-refractivity contribution is -0.119. The van der Waals surface area contributed by atoms with E-state index in [9.17, 15) is 4.79 Å². The Morgan fingerprint density at radius 1 is 1.12 bits per heavy atom. The van der Waals surface area contributed by atoms with Crippen LogP contribution in [0.15, 0.2) is 0 Å². The Kier molecular flexibility index (Phi) is 15.3. The number of rotatable bonds is 4. The van der Waals surface area contributed by atoms with Crippen molar-refractivity contribution in [3.8, 4) is 0 Å². The van der Waals surface area contributed by atoms with E-state index in [-0.39, 0.29) is 11.8 Å². The zero-order valence-corrected chi connectivity index (χ0v) is 12.8. The minimum Gasteiger partial charge on any atom is -0.311 e. The van der Waals surface area contributed by atoms with E-state index in [1.807, 2.05) is 34.7 Å². The number of hydrogen-bond acceptors (Lipinski definition) is 2. The van der Waals surface area contributed by atoms with Crippen molar-refractivity contribution in [2.45, 2.75) is 79.2 Å². The van der Waals surface area contributed by atoms with Crippen LogP contribution in [-0.2, 0) is 4.79 Å². The van der Waals surface area contributed by atoms with Crippen LogP contribution in [-0.4, -0.2) is 18.9 Å². The van der Waals surface area contributed by atoms with E-state index in [1.165, 1.54) is 32.1 Å². The third kappa shape index (κ3) is 9.34. The molecule has 17 heavy (non-hydrogen) atoms. The van der Waals surface area contributed by atoms with Gasteiger partial charge in [-0.25, -0.2) is 0 Å². The van der Waals surface area contributed by atoms with E-state index < -0.39 is 0 Å². The van der Waals surface area contributed by atoms with Crippen molar-refractivity contribution in [1.82, 2.24) is 5.32 Å². The molecule has 0 heterocycles. The van der Waals surface area contributed by atoms with E-state index in [2.05, 4.69) is 5.32 Å². The summed E-state index contributed by atoms with van der Waals surface area (Å²) in [6, 6.07) is 0.100. The first-order valence-electron chi connectivity index (χ1n) is 7.41. The van der Waals surface area contributed by atoms with E-state index in [4.69, 9.17) is 0 Å². The van der Waals surface area contributed by atoms with Crippen LogP contribution in [0.4, 0.5) is 0 Å². The molecule has 1 aliphatic rings. The summed E-state index contributed by atoms with van der Waals surface area (Å²) in [5, 5.41) is 3.10. The molecule has 0 aromatic rings. The fraction of sp³-hybridized carbons (Fsp3) is 0.933. The number of nitrogens with one attached hydrogen (secondary N) is 1. The Morgan fingerprint density at radius 2 is 1.59 bits per heavy atom. The fourth-order valence-electron chi connectivity index (χ4n) is 2.24. The molecule has 1 atom stereocenters. The van der Waals surface area contributed by atoms with Crippen molar-refractivity contribution in [3.63, 3.8) is 0 Å². The second-order valence-corrected chi connectivity index (χ2v) is 4.19. The molecule has 2 nitrogen and oxygen atoms in total. The van der Waals surface area contributed by atoms with Gasteiger partial charge in [0.05, 0.1) is 6.04 Å². The normalized spacial score (nSPS) is 17.1. The Bertz CT molecular complexity index is 162. The van der Waals surface area contributed by atoms with Gasteiger partial charge in [-0.05, 0) is 26.3 Å². The molecule has 0 aliphatic heterocycles. The number of ketones is 1. The van der Waals surface area contributed by atoms with E-state index in [0.29, 0.717) is 0 Å². The Morgan fingerprint density at radius 3 is 1.94 bits per heavy atom. The molecule has 1 N–H and O–H groups in total. The molecule has 0 amide bonds. The van der Waals surface area contributed by atoms with Crippen molar-refractivity contribution < 1.29 is 4.79 Å². The quantitative estimate of drug-likeness (QED) is 0.802. The van der Waals surface area contributed by atoms with Crippen molar-refractivity contribution in [1.29, 1.82) is 0 Å². The maximum Gasteiger partial charge on any atom is 0.146 e. The molecule has 1 fully saturated rings. The summed E-state index contributed by atoms with van der Waals surface area (Å²) in [5.74, 6) is 1.07. The average Bonchev–Trinajstić information content (AvgIpc) is 2.41. The first kappa shape index (κ1) is 19.0. The van der Waals surface area contributed by atoms with Crippen molar-refractivity contribution in [3.05, 3.63) is 0 Å². The molecular formula is C15H33NO. The van der Waals surface area contributed by atoms with Gasteiger partial charge < -0.3 is 5.32 Å². The van der Waals surface area contributed by atoms with Crippen LogP contribution in [0.2, 0.25) is 0 Å². The molecule has 1 saturated carbocycles. The van der Waals surface area contributed by atoms with Crippen LogP contribution in [0.25, 0.3) is 0 Å². The summed E-state index contributed by atoms with van der Waals surface area (Å²) >= 11 is 0. The largest absolute Gasteiger partial charge is 0.311 e. The van der Waals surface area contributed by atoms with Gasteiger partial charge in [-0.1, -0.05) is 59.8 Å². The molecule has 1 aliphatic carbocycles. The number of Topliss-reactive ketones (excluding diaryl/α,β-unsaturated/α-hetero) is 1. The van der Waals surface area contributed by atoms with Gasteiger partial charge in [-0.15, -0.1) is 0 Å². The smallest absolute Gasteiger partial charge is 0.146 e. The molecule has 1 rings (SSSR count). The summed E-state index contributed by atoms with van der Waals surface area (Å²) in [6.45, 7) is 9.68. The van der Waals surface area contributed by atoms with E-state index in [1.54, 1.807) is 6.92 Å². The maximum atomic E-state index is 11.2. The third-order valence-corrected chi connectivity index (χ3v) is 3.13. The SMILES string of the molecule is CC.CC.CNC(CC1CCCCC1)C(C)=O. The van der Waals surface area contributed by atoms with Crippen LogP contribution in [0.3, 0.4) is 0 Å². The summed E-state index contributed by atoms with van der Waals surface area (Å²) in [5.41, 5.74) is 0. The zero-order chi connectivity index (χ0) is 13.7. The number of carbonyl (C=O) groups is 1. The van der Waals surface area contributed by atoms with Crippen LogP contribution in [0.5, 0.6) is 0 Å². The lowest BCUT2D eigenvalue weighted by atomic mass is 9.84. The topological polar surface area (TPSA) is 29.1 Å². The highest BCUT2D eigenvalue weighted by molar-refractivity contribution is 5.81. The second-order valence-electron chi connectivity index (χ2n) is 4.19. The van der Waals surface area contributed by atoms with Crippen molar-refractivity contribution in [2.24, 2.45) is 5.92 Å². The van der Waals surface area contributed by atoms with E-state index in [0.717, 1.165) is 12.3 Å². The molecule has 2 heteroatoms. The average molecular weight is 243 g/mol. The zero-order valence-electron chi connectivity index (χ0n) is 12.8. The van der Waals surface area contributed by atoms with Gasteiger partial charge in [0.25, 0.3) is 0 Å². The minimum absolute atomic E-state index is 0.100. The molecule has 0 aromatic carbocycles. The lowest BCUT2D eigenvalue weighted by Gasteiger charge is -2.24. The summed E-state index contributed by atoms with van der Waals surface area (Å²) in [6.07, 6.45) is 7.81. The summed E-state index contributed by atoms with van der Waals surface area (Å²) in [4.78, 5) is 11.2. The van der Waals surface area contributed by atoms with Gasteiger partial charge in [-0.3, -0.25) is 4.79 Å². The molecule has 1 unspecified atom stereocenters. The number of carbonyl (C=O) groups excluding carboxylic acids is 1. The minimum atomic E-state index is 0.100.